The number of hydrogen-bond acceptors (Lipinski definition) is 6. The number of ether oxygens (including phenoxy) is 2. The first kappa shape index (κ1) is 20.7. The lowest BCUT2D eigenvalue weighted by Crippen LogP contribution is -2.54. The SMILES string of the molecule is C=C(C)C(=O)OCCSc1ccc(C(=O)C(C)(C)N2CCOCC2)cc1. The summed E-state index contributed by atoms with van der Waals surface area (Å²) in [6.45, 7) is 12.3. The molecule has 5 nitrogen and oxygen atoms in total. The molecule has 0 atom stereocenters. The van der Waals surface area contributed by atoms with E-state index in [0.717, 1.165) is 18.0 Å². The highest BCUT2D eigenvalue weighted by molar-refractivity contribution is 7.99. The monoisotopic (exact) mass is 377 g/mol. The molecule has 0 saturated carbocycles. The number of carbonyl (C=O) groups excluding carboxylic acids is 2. The molecule has 0 N–H and O–H groups in total. The summed E-state index contributed by atoms with van der Waals surface area (Å²) >= 11 is 1.58. The van der Waals surface area contributed by atoms with Gasteiger partial charge < -0.3 is 9.47 Å². The predicted octanol–water partition coefficient (Wildman–Crippen LogP) is 3.19. The lowest BCUT2D eigenvalue weighted by Gasteiger charge is -2.39. The maximum absolute atomic E-state index is 12.9. The van der Waals surface area contributed by atoms with Gasteiger partial charge in [-0.15, -0.1) is 11.8 Å². The van der Waals surface area contributed by atoms with E-state index in [4.69, 9.17) is 9.47 Å². The fraction of sp³-hybridized carbons (Fsp3) is 0.500. The van der Waals surface area contributed by atoms with Crippen LogP contribution in [-0.4, -0.2) is 60.9 Å². The number of benzene rings is 1. The summed E-state index contributed by atoms with van der Waals surface area (Å²) in [5.74, 6) is 0.411. The fourth-order valence-corrected chi connectivity index (χ4v) is 3.47. The summed E-state index contributed by atoms with van der Waals surface area (Å²) in [7, 11) is 0. The van der Waals surface area contributed by atoms with E-state index in [-0.39, 0.29) is 11.8 Å². The number of thioether (sulfide) groups is 1. The van der Waals surface area contributed by atoms with Crippen molar-refractivity contribution in [3.05, 3.63) is 42.0 Å². The van der Waals surface area contributed by atoms with Crippen LogP contribution in [0.2, 0.25) is 0 Å². The zero-order valence-electron chi connectivity index (χ0n) is 15.7. The summed E-state index contributed by atoms with van der Waals surface area (Å²) in [6.07, 6.45) is 0. The summed E-state index contributed by atoms with van der Waals surface area (Å²) in [5.41, 5.74) is 0.565. The average Bonchev–Trinajstić information content (AvgIpc) is 2.65. The van der Waals surface area contributed by atoms with Gasteiger partial charge in [0.05, 0.1) is 18.8 Å². The van der Waals surface area contributed by atoms with E-state index in [0.29, 0.717) is 36.7 Å². The third-order valence-corrected chi connectivity index (χ3v) is 5.38. The second-order valence-electron chi connectivity index (χ2n) is 6.78. The van der Waals surface area contributed by atoms with Gasteiger partial charge in [-0.05, 0) is 32.9 Å². The topological polar surface area (TPSA) is 55.8 Å². The van der Waals surface area contributed by atoms with Crippen LogP contribution in [0.5, 0.6) is 0 Å². The van der Waals surface area contributed by atoms with E-state index in [1.54, 1.807) is 18.7 Å². The number of rotatable bonds is 8. The first-order valence-electron chi connectivity index (χ1n) is 8.75. The molecular weight excluding hydrogens is 350 g/mol. The number of morpholine rings is 1. The van der Waals surface area contributed by atoms with Gasteiger partial charge in [-0.3, -0.25) is 9.69 Å². The van der Waals surface area contributed by atoms with Gasteiger partial charge in [0.15, 0.2) is 5.78 Å². The van der Waals surface area contributed by atoms with Gasteiger partial charge in [0, 0.05) is 34.9 Å². The van der Waals surface area contributed by atoms with Crippen LogP contribution < -0.4 is 0 Å². The minimum atomic E-state index is -0.546. The lowest BCUT2D eigenvalue weighted by atomic mass is 9.91. The zero-order chi connectivity index (χ0) is 19.2. The molecule has 1 saturated heterocycles. The molecular formula is C20H27NO4S. The number of carbonyl (C=O) groups is 2. The van der Waals surface area contributed by atoms with Crippen LogP contribution in [0, 0.1) is 0 Å². The summed E-state index contributed by atoms with van der Waals surface area (Å²) in [5, 5.41) is 0. The largest absolute Gasteiger partial charge is 0.461 e. The highest BCUT2D eigenvalue weighted by atomic mass is 32.2. The second kappa shape index (κ2) is 9.35. The molecule has 0 spiro atoms. The van der Waals surface area contributed by atoms with Crippen LogP contribution in [0.1, 0.15) is 31.1 Å². The number of esters is 1. The van der Waals surface area contributed by atoms with Gasteiger partial charge in [0.1, 0.15) is 6.61 Å². The van der Waals surface area contributed by atoms with Crippen molar-refractivity contribution >= 4 is 23.5 Å². The molecule has 1 aromatic rings. The van der Waals surface area contributed by atoms with Crippen LogP contribution in [0.3, 0.4) is 0 Å². The Labute approximate surface area is 159 Å². The van der Waals surface area contributed by atoms with Crippen molar-refractivity contribution in [2.75, 3.05) is 38.7 Å². The Kier molecular flexibility index (Phi) is 7.43. The minimum Gasteiger partial charge on any atom is -0.461 e. The first-order valence-corrected chi connectivity index (χ1v) is 9.74. The summed E-state index contributed by atoms with van der Waals surface area (Å²) < 4.78 is 10.4. The van der Waals surface area contributed by atoms with E-state index in [1.807, 2.05) is 38.1 Å². The molecule has 2 rings (SSSR count). The number of hydrogen-bond donors (Lipinski definition) is 0. The van der Waals surface area contributed by atoms with E-state index >= 15 is 0 Å². The molecule has 0 radical (unpaired) electrons. The lowest BCUT2D eigenvalue weighted by molar-refractivity contribution is -0.138. The zero-order valence-corrected chi connectivity index (χ0v) is 16.6. The van der Waals surface area contributed by atoms with Crippen molar-refractivity contribution in [1.82, 2.24) is 4.90 Å². The standard InChI is InChI=1S/C20H27NO4S/c1-15(2)19(23)25-13-14-26-17-7-5-16(6-8-17)18(22)20(3,4)21-9-11-24-12-10-21/h5-8H,1,9-14H2,2-4H3. The van der Waals surface area contributed by atoms with Crippen LogP contribution >= 0.6 is 11.8 Å². The molecule has 0 unspecified atom stereocenters. The Morgan fingerprint density at radius 3 is 2.42 bits per heavy atom. The Hall–Kier alpha value is -1.63. The Bertz CT molecular complexity index is 648. The van der Waals surface area contributed by atoms with Gasteiger partial charge in [-0.25, -0.2) is 4.79 Å². The van der Waals surface area contributed by atoms with Gasteiger partial charge >= 0.3 is 5.97 Å². The molecule has 0 amide bonds. The Morgan fingerprint density at radius 1 is 1.23 bits per heavy atom. The maximum atomic E-state index is 12.9. The molecule has 0 aliphatic carbocycles. The molecule has 1 aromatic carbocycles. The van der Waals surface area contributed by atoms with E-state index in [1.165, 1.54) is 0 Å². The van der Waals surface area contributed by atoms with Crippen LogP contribution in [0.15, 0.2) is 41.3 Å². The van der Waals surface area contributed by atoms with Crippen molar-refractivity contribution in [3.63, 3.8) is 0 Å². The third-order valence-electron chi connectivity index (χ3n) is 4.41. The van der Waals surface area contributed by atoms with Crippen molar-refractivity contribution < 1.29 is 19.1 Å². The average molecular weight is 378 g/mol. The fourth-order valence-electron chi connectivity index (χ4n) is 2.74. The molecule has 142 valence electrons. The van der Waals surface area contributed by atoms with Crippen LogP contribution in [0.25, 0.3) is 0 Å². The smallest absolute Gasteiger partial charge is 0.333 e. The van der Waals surface area contributed by atoms with Gasteiger partial charge in [0.2, 0.25) is 0 Å². The first-order chi connectivity index (χ1) is 12.3. The van der Waals surface area contributed by atoms with Crippen molar-refractivity contribution in [1.29, 1.82) is 0 Å². The third kappa shape index (κ3) is 5.43. The molecule has 1 heterocycles. The van der Waals surface area contributed by atoms with E-state index in [2.05, 4.69) is 11.5 Å². The normalized spacial score (nSPS) is 15.5. The summed E-state index contributed by atoms with van der Waals surface area (Å²) in [6, 6.07) is 7.61. The number of Topliss-reactive ketones (excluding diaryl/α,β-unsaturated/α-hetero) is 1. The van der Waals surface area contributed by atoms with Crippen LogP contribution in [-0.2, 0) is 14.3 Å². The second-order valence-corrected chi connectivity index (χ2v) is 7.94. The Morgan fingerprint density at radius 2 is 1.85 bits per heavy atom. The van der Waals surface area contributed by atoms with E-state index < -0.39 is 5.54 Å². The predicted molar refractivity (Wildman–Crippen MR) is 104 cm³/mol. The van der Waals surface area contributed by atoms with Gasteiger partial charge in [-0.2, -0.15) is 0 Å². The molecule has 6 heteroatoms. The number of nitrogens with zero attached hydrogens (tertiary/aromatic N) is 1. The molecule has 0 bridgehead atoms. The van der Waals surface area contributed by atoms with Crippen molar-refractivity contribution in [2.45, 2.75) is 31.2 Å². The molecule has 1 aliphatic rings. The van der Waals surface area contributed by atoms with Crippen LogP contribution in [0.4, 0.5) is 0 Å². The molecule has 1 fully saturated rings. The highest BCUT2D eigenvalue weighted by Crippen LogP contribution is 2.24. The van der Waals surface area contributed by atoms with Gasteiger partial charge in [0.25, 0.3) is 0 Å². The van der Waals surface area contributed by atoms with Gasteiger partial charge in [-0.1, -0.05) is 18.7 Å². The Balaban J connectivity index is 1.88. The number of ketones is 1. The summed E-state index contributed by atoms with van der Waals surface area (Å²) in [4.78, 5) is 27.5. The molecule has 26 heavy (non-hydrogen) atoms. The quantitative estimate of drug-likeness (QED) is 0.228. The van der Waals surface area contributed by atoms with Crippen molar-refractivity contribution in [3.8, 4) is 0 Å². The van der Waals surface area contributed by atoms with E-state index in [9.17, 15) is 9.59 Å². The highest BCUT2D eigenvalue weighted by Gasteiger charge is 2.35. The van der Waals surface area contributed by atoms with Crippen molar-refractivity contribution in [2.24, 2.45) is 0 Å². The molecule has 0 aromatic heterocycles. The minimum absolute atomic E-state index is 0.117. The maximum Gasteiger partial charge on any atom is 0.333 e. The molecule has 1 aliphatic heterocycles.